The largest absolute Gasteiger partial charge is 0.353 e. The highest BCUT2D eigenvalue weighted by atomic mass is 16.2. The van der Waals surface area contributed by atoms with E-state index < -0.39 is 0 Å². The van der Waals surface area contributed by atoms with E-state index in [4.69, 9.17) is 0 Å². The molecule has 1 heterocycles. The van der Waals surface area contributed by atoms with Crippen molar-refractivity contribution in [2.75, 3.05) is 6.54 Å². The molecular weight excluding hydrogens is 266 g/mol. The zero-order chi connectivity index (χ0) is 14.8. The second-order valence-corrected chi connectivity index (χ2v) is 7.11. The smallest absolute Gasteiger partial charge is 0.315 e. The zero-order valence-electron chi connectivity index (χ0n) is 12.9. The van der Waals surface area contributed by atoms with Gasteiger partial charge in [0.1, 0.15) is 0 Å². The monoisotopic (exact) mass is 293 g/mol. The molecule has 0 aromatic carbocycles. The molecule has 4 atom stereocenters. The molecular formula is C16H27N3O2. The molecule has 0 radical (unpaired) electrons. The van der Waals surface area contributed by atoms with E-state index in [1.165, 1.54) is 19.3 Å². The SMILES string of the molecule is C[C@H]1C[C@H]2NC(=O)C[C@H]2[C@@H]1CNC(=O)NC1CCCCC1. The van der Waals surface area contributed by atoms with Crippen LogP contribution in [0.25, 0.3) is 0 Å². The van der Waals surface area contributed by atoms with Crippen molar-refractivity contribution in [3.8, 4) is 0 Å². The number of amides is 3. The van der Waals surface area contributed by atoms with Gasteiger partial charge in [-0.15, -0.1) is 0 Å². The van der Waals surface area contributed by atoms with Crippen LogP contribution in [0.1, 0.15) is 51.9 Å². The van der Waals surface area contributed by atoms with Gasteiger partial charge < -0.3 is 16.0 Å². The van der Waals surface area contributed by atoms with E-state index in [0.29, 0.717) is 42.8 Å². The fourth-order valence-corrected chi connectivity index (χ4v) is 4.46. The van der Waals surface area contributed by atoms with Gasteiger partial charge >= 0.3 is 6.03 Å². The molecule has 0 spiro atoms. The van der Waals surface area contributed by atoms with Crippen molar-refractivity contribution in [3.05, 3.63) is 0 Å². The molecule has 2 saturated carbocycles. The van der Waals surface area contributed by atoms with Gasteiger partial charge in [-0.1, -0.05) is 26.2 Å². The topological polar surface area (TPSA) is 70.2 Å². The summed E-state index contributed by atoms with van der Waals surface area (Å²) in [6.07, 6.45) is 7.64. The molecule has 0 aromatic heterocycles. The summed E-state index contributed by atoms with van der Waals surface area (Å²) in [6.45, 7) is 2.92. The van der Waals surface area contributed by atoms with Crippen LogP contribution >= 0.6 is 0 Å². The number of rotatable bonds is 3. The molecule has 5 heteroatoms. The molecule has 0 aromatic rings. The maximum absolute atomic E-state index is 12.0. The molecule has 0 unspecified atom stereocenters. The maximum atomic E-state index is 12.0. The summed E-state index contributed by atoms with van der Waals surface area (Å²) in [7, 11) is 0. The molecule has 3 fully saturated rings. The van der Waals surface area contributed by atoms with Gasteiger partial charge in [-0.3, -0.25) is 4.79 Å². The van der Waals surface area contributed by atoms with Gasteiger partial charge in [0.2, 0.25) is 5.91 Å². The average molecular weight is 293 g/mol. The summed E-state index contributed by atoms with van der Waals surface area (Å²) >= 11 is 0. The molecule has 118 valence electrons. The zero-order valence-corrected chi connectivity index (χ0v) is 12.9. The highest BCUT2D eigenvalue weighted by Gasteiger charge is 2.46. The molecule has 1 saturated heterocycles. The van der Waals surface area contributed by atoms with Gasteiger partial charge in [0.05, 0.1) is 0 Å². The van der Waals surface area contributed by atoms with E-state index in [0.717, 1.165) is 19.3 Å². The van der Waals surface area contributed by atoms with E-state index >= 15 is 0 Å². The van der Waals surface area contributed by atoms with Crippen molar-refractivity contribution in [1.82, 2.24) is 16.0 Å². The Balaban J connectivity index is 1.45. The van der Waals surface area contributed by atoms with Gasteiger partial charge in [0.25, 0.3) is 0 Å². The molecule has 21 heavy (non-hydrogen) atoms. The molecule has 3 aliphatic rings. The van der Waals surface area contributed by atoms with Crippen LogP contribution in [-0.4, -0.2) is 30.6 Å². The second kappa shape index (κ2) is 6.24. The first-order valence-electron chi connectivity index (χ1n) is 8.47. The maximum Gasteiger partial charge on any atom is 0.315 e. The molecule has 1 aliphatic heterocycles. The Labute approximate surface area is 126 Å². The van der Waals surface area contributed by atoms with Crippen molar-refractivity contribution in [3.63, 3.8) is 0 Å². The van der Waals surface area contributed by atoms with Gasteiger partial charge in [-0.25, -0.2) is 4.79 Å². The van der Waals surface area contributed by atoms with Crippen LogP contribution in [0.4, 0.5) is 4.79 Å². The van der Waals surface area contributed by atoms with Crippen LogP contribution in [0, 0.1) is 17.8 Å². The lowest BCUT2D eigenvalue weighted by Gasteiger charge is -2.25. The number of hydrogen-bond donors (Lipinski definition) is 3. The number of nitrogens with one attached hydrogen (secondary N) is 3. The molecule has 2 aliphatic carbocycles. The first-order valence-corrected chi connectivity index (χ1v) is 8.47. The van der Waals surface area contributed by atoms with Crippen LogP contribution in [0.15, 0.2) is 0 Å². The lowest BCUT2D eigenvalue weighted by molar-refractivity contribution is -0.119. The fourth-order valence-electron chi connectivity index (χ4n) is 4.46. The lowest BCUT2D eigenvalue weighted by Crippen LogP contribution is -2.45. The first-order chi connectivity index (χ1) is 10.1. The van der Waals surface area contributed by atoms with Crippen LogP contribution in [0.2, 0.25) is 0 Å². The third-order valence-corrected chi connectivity index (χ3v) is 5.63. The Kier molecular flexibility index (Phi) is 4.36. The van der Waals surface area contributed by atoms with Gasteiger partial charge in [-0.05, 0) is 37.0 Å². The van der Waals surface area contributed by atoms with Crippen molar-refractivity contribution in [1.29, 1.82) is 0 Å². The van der Waals surface area contributed by atoms with E-state index in [1.807, 2.05) is 0 Å². The minimum atomic E-state index is -0.0326. The van der Waals surface area contributed by atoms with Crippen LogP contribution < -0.4 is 16.0 Å². The highest BCUT2D eigenvalue weighted by Crippen LogP contribution is 2.41. The summed E-state index contributed by atoms with van der Waals surface area (Å²) in [5, 5.41) is 9.20. The second-order valence-electron chi connectivity index (χ2n) is 7.11. The predicted octanol–water partition coefficient (Wildman–Crippen LogP) is 1.78. The van der Waals surface area contributed by atoms with Crippen LogP contribution in [0.3, 0.4) is 0 Å². The third kappa shape index (κ3) is 3.33. The molecule has 3 N–H and O–H groups in total. The number of carbonyl (C=O) groups excluding carboxylic acids is 2. The van der Waals surface area contributed by atoms with E-state index in [2.05, 4.69) is 22.9 Å². The Morgan fingerprint density at radius 1 is 1.29 bits per heavy atom. The highest BCUT2D eigenvalue weighted by molar-refractivity contribution is 5.79. The number of carbonyl (C=O) groups is 2. The summed E-state index contributed by atoms with van der Waals surface area (Å²) in [6, 6.07) is 0.651. The van der Waals surface area contributed by atoms with E-state index in [-0.39, 0.29) is 11.9 Å². The predicted molar refractivity (Wildman–Crippen MR) is 80.7 cm³/mol. The number of hydrogen-bond acceptors (Lipinski definition) is 2. The van der Waals surface area contributed by atoms with Crippen molar-refractivity contribution >= 4 is 11.9 Å². The van der Waals surface area contributed by atoms with Gasteiger partial charge in [0.15, 0.2) is 0 Å². The Bertz CT molecular complexity index is 406. The third-order valence-electron chi connectivity index (χ3n) is 5.63. The van der Waals surface area contributed by atoms with Crippen LogP contribution in [0.5, 0.6) is 0 Å². The fraction of sp³-hybridized carbons (Fsp3) is 0.875. The summed E-state index contributed by atoms with van der Waals surface area (Å²) < 4.78 is 0. The minimum absolute atomic E-state index is 0.0326. The van der Waals surface area contributed by atoms with E-state index in [1.54, 1.807) is 0 Å². The summed E-state index contributed by atoms with van der Waals surface area (Å²) in [5.41, 5.74) is 0. The molecule has 3 amide bonds. The normalized spacial score (nSPS) is 36.1. The van der Waals surface area contributed by atoms with Crippen LogP contribution in [-0.2, 0) is 4.79 Å². The molecule has 0 bridgehead atoms. The standard InChI is InChI=1S/C16H27N3O2/c1-10-7-14-12(8-15(20)19-14)13(10)9-17-16(21)18-11-5-3-2-4-6-11/h10-14H,2-9H2,1H3,(H,19,20)(H2,17,18,21)/t10-,12-,13+,14+/m0/s1. The Morgan fingerprint density at radius 3 is 2.81 bits per heavy atom. The quantitative estimate of drug-likeness (QED) is 0.742. The number of urea groups is 1. The minimum Gasteiger partial charge on any atom is -0.353 e. The molecule has 3 rings (SSSR count). The summed E-state index contributed by atoms with van der Waals surface area (Å²) in [4.78, 5) is 23.5. The van der Waals surface area contributed by atoms with Crippen molar-refractivity contribution in [2.24, 2.45) is 17.8 Å². The average Bonchev–Trinajstić information content (AvgIpc) is 2.93. The Hall–Kier alpha value is -1.26. The first kappa shape index (κ1) is 14.7. The van der Waals surface area contributed by atoms with Gasteiger partial charge in [-0.2, -0.15) is 0 Å². The summed E-state index contributed by atoms with van der Waals surface area (Å²) in [5.74, 6) is 1.57. The number of fused-ring (bicyclic) bond motifs is 1. The van der Waals surface area contributed by atoms with E-state index in [9.17, 15) is 9.59 Å². The molecule has 5 nitrogen and oxygen atoms in total. The Morgan fingerprint density at radius 2 is 2.05 bits per heavy atom. The van der Waals surface area contributed by atoms with Crippen molar-refractivity contribution < 1.29 is 9.59 Å². The van der Waals surface area contributed by atoms with Crippen molar-refractivity contribution in [2.45, 2.75) is 64.0 Å². The lowest BCUT2D eigenvalue weighted by atomic mass is 9.88. The van der Waals surface area contributed by atoms with Gasteiger partial charge in [0, 0.05) is 25.0 Å².